The predicted octanol–water partition coefficient (Wildman–Crippen LogP) is 4.16. The molecule has 0 aromatic carbocycles. The summed E-state index contributed by atoms with van der Waals surface area (Å²) in [6.45, 7) is 4.24. The van der Waals surface area contributed by atoms with E-state index >= 15 is 0 Å². The Labute approximate surface area is 122 Å². The Bertz CT molecular complexity index is 365. The van der Waals surface area contributed by atoms with Gasteiger partial charge in [-0.25, -0.2) is 0 Å². The zero-order valence-electron chi connectivity index (χ0n) is 10.6. The lowest BCUT2D eigenvalue weighted by Crippen LogP contribution is -2.28. The minimum atomic E-state index is -0.0373. The highest BCUT2D eigenvalue weighted by Crippen LogP contribution is 2.33. The maximum atomic E-state index is 6.09. The standard InChI is InChI=1S/C12H19BrCl2N2/c1-4-9-11(13)10(17(3)16-9)6-12(5-2,7-14)8-15/h4-8H2,1-3H3. The molecule has 2 nitrogen and oxygen atoms in total. The van der Waals surface area contributed by atoms with E-state index in [1.807, 2.05) is 11.7 Å². The van der Waals surface area contributed by atoms with Gasteiger partial charge in [-0.1, -0.05) is 13.8 Å². The molecule has 0 aliphatic rings. The summed E-state index contributed by atoms with van der Waals surface area (Å²) >= 11 is 15.8. The molecule has 0 atom stereocenters. The van der Waals surface area contributed by atoms with Crippen LogP contribution in [0.5, 0.6) is 0 Å². The number of hydrogen-bond donors (Lipinski definition) is 0. The number of aromatic nitrogens is 2. The molecule has 0 saturated carbocycles. The molecule has 0 saturated heterocycles. The quantitative estimate of drug-likeness (QED) is 0.710. The van der Waals surface area contributed by atoms with Crippen molar-refractivity contribution >= 4 is 39.1 Å². The third-order valence-electron chi connectivity index (χ3n) is 3.36. The van der Waals surface area contributed by atoms with E-state index in [1.165, 1.54) is 5.69 Å². The van der Waals surface area contributed by atoms with Crippen LogP contribution in [0, 0.1) is 5.41 Å². The molecule has 0 unspecified atom stereocenters. The average Bonchev–Trinajstić information content (AvgIpc) is 2.62. The van der Waals surface area contributed by atoms with E-state index in [9.17, 15) is 0 Å². The summed E-state index contributed by atoms with van der Waals surface area (Å²) in [5.74, 6) is 1.15. The van der Waals surface area contributed by atoms with Gasteiger partial charge in [-0.3, -0.25) is 4.68 Å². The van der Waals surface area contributed by atoms with Crippen molar-refractivity contribution in [3.05, 3.63) is 15.9 Å². The van der Waals surface area contributed by atoms with E-state index in [-0.39, 0.29) is 5.41 Å². The minimum absolute atomic E-state index is 0.0373. The van der Waals surface area contributed by atoms with Crippen LogP contribution in [0.2, 0.25) is 0 Å². The fourth-order valence-corrected chi connectivity index (χ4v) is 3.42. The Balaban J connectivity index is 3.05. The molecule has 5 heteroatoms. The number of halogens is 3. The molecule has 98 valence electrons. The van der Waals surface area contributed by atoms with E-state index in [0.717, 1.165) is 29.4 Å². The first-order valence-corrected chi connectivity index (χ1v) is 7.72. The molecule has 0 N–H and O–H groups in total. The van der Waals surface area contributed by atoms with Crippen molar-refractivity contribution < 1.29 is 0 Å². The van der Waals surface area contributed by atoms with Gasteiger partial charge in [-0.2, -0.15) is 5.10 Å². The van der Waals surface area contributed by atoms with Crippen LogP contribution in [-0.4, -0.2) is 21.5 Å². The molecular weight excluding hydrogens is 323 g/mol. The molecule has 0 bridgehead atoms. The summed E-state index contributed by atoms with van der Waals surface area (Å²) in [6, 6.07) is 0. The molecule has 0 aliphatic carbocycles. The third-order valence-corrected chi connectivity index (χ3v) is 5.41. The van der Waals surface area contributed by atoms with Gasteiger partial charge in [0.2, 0.25) is 0 Å². The summed E-state index contributed by atoms with van der Waals surface area (Å²) in [4.78, 5) is 0. The third kappa shape index (κ3) is 3.18. The zero-order chi connectivity index (χ0) is 13.1. The molecule has 0 spiro atoms. The van der Waals surface area contributed by atoms with Crippen LogP contribution in [0.3, 0.4) is 0 Å². The maximum Gasteiger partial charge on any atom is 0.0766 e. The molecule has 0 fully saturated rings. The van der Waals surface area contributed by atoms with E-state index in [1.54, 1.807) is 0 Å². The first-order valence-electron chi connectivity index (χ1n) is 5.85. The fourth-order valence-electron chi connectivity index (χ4n) is 1.81. The Morgan fingerprint density at radius 2 is 1.88 bits per heavy atom. The zero-order valence-corrected chi connectivity index (χ0v) is 13.7. The first-order chi connectivity index (χ1) is 8.03. The smallest absolute Gasteiger partial charge is 0.0766 e. The normalized spacial score (nSPS) is 12.1. The second kappa shape index (κ2) is 6.44. The van der Waals surface area contributed by atoms with Gasteiger partial charge in [0.05, 0.1) is 15.9 Å². The van der Waals surface area contributed by atoms with E-state index in [2.05, 4.69) is 34.9 Å². The molecule has 1 aromatic heterocycles. The predicted molar refractivity (Wildman–Crippen MR) is 78.2 cm³/mol. The largest absolute Gasteiger partial charge is 0.271 e. The Hall–Kier alpha value is 0.270. The molecule has 17 heavy (non-hydrogen) atoms. The van der Waals surface area contributed by atoms with Gasteiger partial charge < -0.3 is 0 Å². The highest BCUT2D eigenvalue weighted by molar-refractivity contribution is 9.10. The highest BCUT2D eigenvalue weighted by Gasteiger charge is 2.29. The number of rotatable bonds is 6. The van der Waals surface area contributed by atoms with Crippen LogP contribution < -0.4 is 0 Å². The summed E-state index contributed by atoms with van der Waals surface area (Å²) in [5, 5.41) is 4.50. The number of hydrogen-bond acceptors (Lipinski definition) is 1. The highest BCUT2D eigenvalue weighted by atomic mass is 79.9. The lowest BCUT2D eigenvalue weighted by Gasteiger charge is -2.28. The van der Waals surface area contributed by atoms with Gasteiger partial charge in [0.1, 0.15) is 0 Å². The average molecular weight is 342 g/mol. The van der Waals surface area contributed by atoms with E-state index < -0.39 is 0 Å². The number of alkyl halides is 2. The maximum absolute atomic E-state index is 6.09. The summed E-state index contributed by atoms with van der Waals surface area (Å²) < 4.78 is 3.04. The van der Waals surface area contributed by atoms with E-state index in [4.69, 9.17) is 23.2 Å². The van der Waals surface area contributed by atoms with Crippen molar-refractivity contribution in [2.24, 2.45) is 12.5 Å². The lowest BCUT2D eigenvalue weighted by molar-refractivity contribution is 0.351. The Morgan fingerprint density at radius 3 is 2.24 bits per heavy atom. The van der Waals surface area contributed by atoms with Crippen LogP contribution in [-0.2, 0) is 19.9 Å². The molecule has 0 amide bonds. The lowest BCUT2D eigenvalue weighted by atomic mass is 9.84. The molecule has 1 aromatic rings. The van der Waals surface area contributed by atoms with Crippen molar-refractivity contribution in [2.75, 3.05) is 11.8 Å². The van der Waals surface area contributed by atoms with Crippen molar-refractivity contribution in [3.8, 4) is 0 Å². The monoisotopic (exact) mass is 340 g/mol. The van der Waals surface area contributed by atoms with Gasteiger partial charge in [-0.05, 0) is 35.2 Å². The van der Waals surface area contributed by atoms with Crippen LogP contribution >= 0.6 is 39.1 Å². The Kier molecular flexibility index (Phi) is 5.81. The minimum Gasteiger partial charge on any atom is -0.271 e. The van der Waals surface area contributed by atoms with Crippen molar-refractivity contribution in [3.63, 3.8) is 0 Å². The summed E-state index contributed by atoms with van der Waals surface area (Å²) in [5.41, 5.74) is 2.24. The molecule has 1 rings (SSSR count). The van der Waals surface area contributed by atoms with Gasteiger partial charge in [-0.15, -0.1) is 23.2 Å². The molecule has 1 heterocycles. The van der Waals surface area contributed by atoms with Gasteiger partial charge in [0.25, 0.3) is 0 Å². The Morgan fingerprint density at radius 1 is 1.29 bits per heavy atom. The van der Waals surface area contributed by atoms with Gasteiger partial charge in [0, 0.05) is 24.2 Å². The van der Waals surface area contributed by atoms with Crippen molar-refractivity contribution in [2.45, 2.75) is 33.1 Å². The number of aryl methyl sites for hydroxylation is 2. The van der Waals surface area contributed by atoms with Crippen LogP contribution in [0.15, 0.2) is 4.47 Å². The topological polar surface area (TPSA) is 17.8 Å². The van der Waals surface area contributed by atoms with Crippen molar-refractivity contribution in [1.29, 1.82) is 0 Å². The van der Waals surface area contributed by atoms with Crippen molar-refractivity contribution in [1.82, 2.24) is 9.78 Å². The van der Waals surface area contributed by atoms with Crippen LogP contribution in [0.25, 0.3) is 0 Å². The molecular formula is C12H19BrCl2N2. The van der Waals surface area contributed by atoms with E-state index in [0.29, 0.717) is 11.8 Å². The van der Waals surface area contributed by atoms with Crippen LogP contribution in [0.4, 0.5) is 0 Å². The SMILES string of the molecule is CCc1nn(C)c(CC(CC)(CCl)CCl)c1Br. The molecule has 0 aliphatic heterocycles. The second-order valence-electron chi connectivity index (χ2n) is 4.48. The van der Waals surface area contributed by atoms with Gasteiger partial charge >= 0.3 is 0 Å². The molecule has 0 radical (unpaired) electrons. The van der Waals surface area contributed by atoms with Crippen LogP contribution in [0.1, 0.15) is 31.7 Å². The van der Waals surface area contributed by atoms with Gasteiger partial charge in [0.15, 0.2) is 0 Å². The number of nitrogens with zero attached hydrogens (tertiary/aromatic N) is 2. The first kappa shape index (κ1) is 15.3. The second-order valence-corrected chi connectivity index (χ2v) is 5.81. The fraction of sp³-hybridized carbons (Fsp3) is 0.750. The summed E-state index contributed by atoms with van der Waals surface area (Å²) in [6.07, 6.45) is 2.76. The summed E-state index contributed by atoms with van der Waals surface area (Å²) in [7, 11) is 1.97.